The Balaban J connectivity index is 2.10. The van der Waals surface area contributed by atoms with Crippen molar-refractivity contribution < 1.29 is 9.47 Å². The van der Waals surface area contributed by atoms with Crippen molar-refractivity contribution in [1.82, 2.24) is 10.2 Å². The van der Waals surface area contributed by atoms with Gasteiger partial charge in [0.05, 0.1) is 12.2 Å². The molecular formula is C14H30N2O2. The van der Waals surface area contributed by atoms with Gasteiger partial charge in [0.15, 0.2) is 0 Å². The molecule has 0 aromatic carbocycles. The number of rotatable bonds is 7. The number of ether oxygens (including phenoxy) is 2. The van der Waals surface area contributed by atoms with Gasteiger partial charge in [0, 0.05) is 40.4 Å². The Hall–Kier alpha value is -0.160. The van der Waals surface area contributed by atoms with Crippen LogP contribution in [0.1, 0.15) is 27.2 Å². The second kappa shape index (κ2) is 7.43. The van der Waals surface area contributed by atoms with E-state index < -0.39 is 0 Å². The minimum absolute atomic E-state index is 0.226. The smallest absolute Gasteiger partial charge is 0.0971 e. The van der Waals surface area contributed by atoms with E-state index in [1.54, 1.807) is 14.2 Å². The van der Waals surface area contributed by atoms with Crippen molar-refractivity contribution in [2.75, 3.05) is 46.9 Å². The second-order valence-corrected chi connectivity index (χ2v) is 6.37. The summed E-state index contributed by atoms with van der Waals surface area (Å²) in [6.07, 6.45) is 1.67. The molecule has 0 radical (unpaired) electrons. The summed E-state index contributed by atoms with van der Waals surface area (Å²) in [5.74, 6) is 0. The maximum atomic E-state index is 5.43. The van der Waals surface area contributed by atoms with Crippen LogP contribution in [0.2, 0.25) is 0 Å². The van der Waals surface area contributed by atoms with Gasteiger partial charge in [-0.3, -0.25) is 4.90 Å². The average Bonchev–Trinajstić information content (AvgIpc) is 2.69. The standard InChI is InChI=1S/C14H30N2O2/c1-14(2,3)6-7-15-8-9-16-10-12(17-4)13(11-16)18-5/h12-13,15H,6-11H2,1-5H3. The van der Waals surface area contributed by atoms with Gasteiger partial charge in [0.1, 0.15) is 0 Å². The van der Waals surface area contributed by atoms with Crippen LogP contribution in [-0.4, -0.2) is 64.1 Å². The van der Waals surface area contributed by atoms with E-state index in [0.717, 1.165) is 32.7 Å². The SMILES string of the molecule is COC1CN(CCNCCC(C)(C)C)CC1OC. The summed E-state index contributed by atoms with van der Waals surface area (Å²) < 4.78 is 10.9. The van der Waals surface area contributed by atoms with E-state index in [9.17, 15) is 0 Å². The summed E-state index contributed by atoms with van der Waals surface area (Å²) in [6, 6.07) is 0. The minimum atomic E-state index is 0.226. The Kier molecular flexibility index (Phi) is 6.57. The first kappa shape index (κ1) is 15.9. The van der Waals surface area contributed by atoms with Gasteiger partial charge < -0.3 is 14.8 Å². The zero-order chi connectivity index (χ0) is 13.6. The normalized spacial score (nSPS) is 25.8. The third-order valence-electron chi connectivity index (χ3n) is 3.55. The number of nitrogens with one attached hydrogen (secondary N) is 1. The lowest BCUT2D eigenvalue weighted by Crippen LogP contribution is -2.32. The van der Waals surface area contributed by atoms with Crippen LogP contribution >= 0.6 is 0 Å². The summed E-state index contributed by atoms with van der Waals surface area (Å²) in [7, 11) is 3.53. The van der Waals surface area contributed by atoms with Crippen molar-refractivity contribution in [3.8, 4) is 0 Å². The topological polar surface area (TPSA) is 33.7 Å². The summed E-state index contributed by atoms with van der Waals surface area (Å²) in [5.41, 5.74) is 0.420. The van der Waals surface area contributed by atoms with Gasteiger partial charge in [-0.1, -0.05) is 20.8 Å². The summed E-state index contributed by atoms with van der Waals surface area (Å²) in [5, 5.41) is 3.51. The van der Waals surface area contributed by atoms with Gasteiger partial charge in [-0.2, -0.15) is 0 Å². The highest BCUT2D eigenvalue weighted by Crippen LogP contribution is 2.17. The van der Waals surface area contributed by atoms with Gasteiger partial charge in [0.25, 0.3) is 0 Å². The van der Waals surface area contributed by atoms with Crippen molar-refractivity contribution in [2.24, 2.45) is 5.41 Å². The summed E-state index contributed by atoms with van der Waals surface area (Å²) in [4.78, 5) is 2.41. The maximum Gasteiger partial charge on any atom is 0.0971 e. The van der Waals surface area contributed by atoms with Gasteiger partial charge in [0.2, 0.25) is 0 Å². The number of likely N-dealkylation sites (tertiary alicyclic amines) is 1. The molecule has 1 fully saturated rings. The van der Waals surface area contributed by atoms with Gasteiger partial charge in [-0.25, -0.2) is 0 Å². The third-order valence-corrected chi connectivity index (χ3v) is 3.55. The number of nitrogens with zero attached hydrogens (tertiary/aromatic N) is 1. The van der Waals surface area contributed by atoms with Crippen LogP contribution in [0.4, 0.5) is 0 Å². The van der Waals surface area contributed by atoms with E-state index in [4.69, 9.17) is 9.47 Å². The molecule has 0 aromatic rings. The summed E-state index contributed by atoms with van der Waals surface area (Å²) in [6.45, 7) is 12.0. The van der Waals surface area contributed by atoms with Crippen LogP contribution in [0.5, 0.6) is 0 Å². The van der Waals surface area contributed by atoms with Crippen molar-refractivity contribution in [2.45, 2.75) is 39.4 Å². The Morgan fingerprint density at radius 2 is 1.61 bits per heavy atom. The van der Waals surface area contributed by atoms with Crippen LogP contribution < -0.4 is 5.32 Å². The second-order valence-electron chi connectivity index (χ2n) is 6.37. The highest BCUT2D eigenvalue weighted by molar-refractivity contribution is 4.85. The quantitative estimate of drug-likeness (QED) is 0.699. The minimum Gasteiger partial charge on any atom is -0.377 e. The molecule has 2 atom stereocenters. The molecule has 1 heterocycles. The third kappa shape index (κ3) is 5.65. The highest BCUT2D eigenvalue weighted by Gasteiger charge is 2.32. The fourth-order valence-electron chi connectivity index (χ4n) is 2.28. The van der Waals surface area contributed by atoms with Crippen molar-refractivity contribution in [1.29, 1.82) is 0 Å². The molecule has 1 aliphatic heterocycles. The Bertz CT molecular complexity index is 216. The predicted octanol–water partition coefficient (Wildman–Crippen LogP) is 1.36. The molecular weight excluding hydrogens is 228 g/mol. The fourth-order valence-corrected chi connectivity index (χ4v) is 2.28. The van der Waals surface area contributed by atoms with E-state index in [0.29, 0.717) is 5.41 Å². The van der Waals surface area contributed by atoms with Gasteiger partial charge in [-0.05, 0) is 18.4 Å². The van der Waals surface area contributed by atoms with E-state index in [1.807, 2.05) is 0 Å². The highest BCUT2D eigenvalue weighted by atomic mass is 16.5. The molecule has 1 aliphatic rings. The van der Waals surface area contributed by atoms with E-state index in [2.05, 4.69) is 31.0 Å². The molecule has 0 bridgehead atoms. The molecule has 108 valence electrons. The number of methoxy groups -OCH3 is 2. The number of hydrogen-bond donors (Lipinski definition) is 1. The van der Waals surface area contributed by atoms with Crippen molar-refractivity contribution >= 4 is 0 Å². The molecule has 1 saturated heterocycles. The predicted molar refractivity (Wildman–Crippen MR) is 75.0 cm³/mol. The van der Waals surface area contributed by atoms with Crippen LogP contribution in [0.3, 0.4) is 0 Å². The number of hydrogen-bond acceptors (Lipinski definition) is 4. The summed E-state index contributed by atoms with van der Waals surface area (Å²) >= 11 is 0. The first-order valence-corrected chi connectivity index (χ1v) is 6.95. The molecule has 4 nitrogen and oxygen atoms in total. The monoisotopic (exact) mass is 258 g/mol. The lowest BCUT2D eigenvalue weighted by Gasteiger charge is -2.19. The Morgan fingerprint density at radius 1 is 1.06 bits per heavy atom. The molecule has 18 heavy (non-hydrogen) atoms. The van der Waals surface area contributed by atoms with Gasteiger partial charge >= 0.3 is 0 Å². The Labute approximate surface area is 112 Å². The maximum absolute atomic E-state index is 5.43. The lowest BCUT2D eigenvalue weighted by molar-refractivity contribution is -0.00461. The zero-order valence-electron chi connectivity index (χ0n) is 12.7. The molecule has 0 amide bonds. The molecule has 0 saturated carbocycles. The molecule has 1 rings (SSSR count). The van der Waals surface area contributed by atoms with Crippen LogP contribution in [0, 0.1) is 5.41 Å². The molecule has 4 heteroatoms. The fraction of sp³-hybridized carbons (Fsp3) is 1.00. The van der Waals surface area contributed by atoms with Crippen molar-refractivity contribution in [3.05, 3.63) is 0 Å². The Morgan fingerprint density at radius 3 is 2.06 bits per heavy atom. The largest absolute Gasteiger partial charge is 0.377 e. The molecule has 0 spiro atoms. The molecule has 2 unspecified atom stereocenters. The lowest BCUT2D eigenvalue weighted by atomic mass is 9.92. The van der Waals surface area contributed by atoms with Crippen LogP contribution in [0.25, 0.3) is 0 Å². The van der Waals surface area contributed by atoms with E-state index >= 15 is 0 Å². The molecule has 1 N–H and O–H groups in total. The zero-order valence-corrected chi connectivity index (χ0v) is 12.7. The van der Waals surface area contributed by atoms with E-state index in [1.165, 1.54) is 6.42 Å². The first-order valence-electron chi connectivity index (χ1n) is 6.95. The van der Waals surface area contributed by atoms with Crippen LogP contribution in [0.15, 0.2) is 0 Å². The molecule has 0 aliphatic carbocycles. The molecule has 0 aromatic heterocycles. The van der Waals surface area contributed by atoms with Gasteiger partial charge in [-0.15, -0.1) is 0 Å². The first-order chi connectivity index (χ1) is 8.46. The van der Waals surface area contributed by atoms with E-state index in [-0.39, 0.29) is 12.2 Å². The van der Waals surface area contributed by atoms with Crippen molar-refractivity contribution in [3.63, 3.8) is 0 Å². The van der Waals surface area contributed by atoms with Crippen LogP contribution in [-0.2, 0) is 9.47 Å². The average molecular weight is 258 g/mol.